The first-order chi connectivity index (χ1) is 9.10. The molecule has 0 saturated carbocycles. The van der Waals surface area contributed by atoms with E-state index in [9.17, 15) is 4.79 Å². The van der Waals surface area contributed by atoms with Crippen molar-refractivity contribution >= 4 is 11.6 Å². The van der Waals surface area contributed by atoms with Crippen molar-refractivity contribution in [3.05, 3.63) is 18.2 Å². The Hall–Kier alpha value is -1.75. The molecule has 1 atom stereocenters. The van der Waals surface area contributed by atoms with Crippen molar-refractivity contribution in [2.24, 2.45) is 5.92 Å². The van der Waals surface area contributed by atoms with Crippen LogP contribution in [0.3, 0.4) is 0 Å². The fourth-order valence-corrected chi connectivity index (χ4v) is 2.03. The molecule has 0 bridgehead atoms. The van der Waals surface area contributed by atoms with Gasteiger partial charge >= 0.3 is 0 Å². The van der Waals surface area contributed by atoms with Crippen LogP contribution >= 0.6 is 0 Å². The number of nitrogens with one attached hydrogen (secondary N) is 2. The van der Waals surface area contributed by atoms with Crippen molar-refractivity contribution in [3.8, 4) is 11.5 Å². The molecule has 2 N–H and O–H groups in total. The van der Waals surface area contributed by atoms with Gasteiger partial charge in [0.05, 0.1) is 6.04 Å². The molecule has 0 fully saturated rings. The zero-order valence-electron chi connectivity index (χ0n) is 11.5. The lowest BCUT2D eigenvalue weighted by Gasteiger charge is -2.18. The first-order valence-corrected chi connectivity index (χ1v) is 6.48. The van der Waals surface area contributed by atoms with Crippen LogP contribution in [0.4, 0.5) is 5.69 Å². The number of rotatable bonds is 5. The van der Waals surface area contributed by atoms with E-state index in [1.165, 1.54) is 0 Å². The van der Waals surface area contributed by atoms with E-state index in [2.05, 4.69) is 24.5 Å². The minimum absolute atomic E-state index is 0.0323. The van der Waals surface area contributed by atoms with Crippen LogP contribution in [0.5, 0.6) is 11.5 Å². The van der Waals surface area contributed by atoms with Gasteiger partial charge in [0.25, 0.3) is 0 Å². The lowest BCUT2D eigenvalue weighted by molar-refractivity contribution is -0.118. The number of fused-ring (bicyclic) bond motifs is 1. The van der Waals surface area contributed by atoms with Crippen LogP contribution in [0, 0.1) is 5.92 Å². The number of hydrogen-bond acceptors (Lipinski definition) is 4. The van der Waals surface area contributed by atoms with E-state index >= 15 is 0 Å². The molecule has 0 aromatic heterocycles. The summed E-state index contributed by atoms with van der Waals surface area (Å²) < 4.78 is 10.5. The number of likely N-dealkylation sites (N-methyl/N-ethyl adjacent to an activating group) is 1. The molecule has 0 saturated heterocycles. The average molecular weight is 264 g/mol. The maximum atomic E-state index is 12.1. The molecule has 1 heterocycles. The van der Waals surface area contributed by atoms with Crippen molar-refractivity contribution in [1.82, 2.24) is 5.32 Å². The Bertz CT molecular complexity index is 460. The lowest BCUT2D eigenvalue weighted by atomic mass is 10.0. The number of carbonyl (C=O) groups excluding carboxylic acids is 1. The summed E-state index contributed by atoms with van der Waals surface area (Å²) in [6, 6.07) is 5.20. The largest absolute Gasteiger partial charge is 0.454 e. The van der Waals surface area contributed by atoms with Crippen LogP contribution in [0.25, 0.3) is 0 Å². The van der Waals surface area contributed by atoms with E-state index in [1.54, 1.807) is 19.2 Å². The zero-order valence-corrected chi connectivity index (χ0v) is 11.5. The van der Waals surface area contributed by atoms with E-state index in [0.717, 1.165) is 12.1 Å². The Kier molecular flexibility index (Phi) is 4.27. The molecule has 0 aliphatic carbocycles. The second-order valence-corrected chi connectivity index (χ2v) is 5.03. The third-order valence-corrected chi connectivity index (χ3v) is 3.01. The summed E-state index contributed by atoms with van der Waals surface area (Å²) in [7, 11) is 1.80. The Morgan fingerprint density at radius 1 is 1.32 bits per heavy atom. The van der Waals surface area contributed by atoms with Crippen LogP contribution < -0.4 is 20.1 Å². The van der Waals surface area contributed by atoms with Crippen molar-refractivity contribution < 1.29 is 14.3 Å². The molecule has 1 unspecified atom stereocenters. The summed E-state index contributed by atoms with van der Waals surface area (Å²) in [5.74, 6) is 1.81. The standard InChI is InChI=1S/C14H20N2O3/c1-9(2)6-11(15-3)14(17)16-10-4-5-12-13(7-10)19-8-18-12/h4-5,7,9,11,15H,6,8H2,1-3H3,(H,16,17). The van der Waals surface area contributed by atoms with Gasteiger partial charge < -0.3 is 20.1 Å². The molecule has 5 heteroatoms. The van der Waals surface area contributed by atoms with Crippen LogP contribution in [-0.2, 0) is 4.79 Å². The number of anilines is 1. The molecule has 5 nitrogen and oxygen atoms in total. The molecule has 1 aromatic rings. The number of hydrogen-bond donors (Lipinski definition) is 2. The fraction of sp³-hybridized carbons (Fsp3) is 0.500. The van der Waals surface area contributed by atoms with E-state index in [1.807, 2.05) is 6.07 Å². The van der Waals surface area contributed by atoms with Crippen LogP contribution in [0.1, 0.15) is 20.3 Å². The third-order valence-electron chi connectivity index (χ3n) is 3.01. The summed E-state index contributed by atoms with van der Waals surface area (Å²) in [6.07, 6.45) is 0.798. The van der Waals surface area contributed by atoms with Gasteiger partial charge in [-0.2, -0.15) is 0 Å². The van der Waals surface area contributed by atoms with E-state index in [0.29, 0.717) is 17.4 Å². The highest BCUT2D eigenvalue weighted by molar-refractivity contribution is 5.95. The van der Waals surface area contributed by atoms with Gasteiger partial charge in [0.1, 0.15) is 0 Å². The average Bonchev–Trinajstić information content (AvgIpc) is 2.82. The van der Waals surface area contributed by atoms with Gasteiger partial charge in [-0.15, -0.1) is 0 Å². The Labute approximate surface area is 113 Å². The summed E-state index contributed by atoms with van der Waals surface area (Å²) >= 11 is 0. The highest BCUT2D eigenvalue weighted by Gasteiger charge is 2.19. The number of carbonyl (C=O) groups is 1. The number of ether oxygens (including phenoxy) is 2. The second-order valence-electron chi connectivity index (χ2n) is 5.03. The monoisotopic (exact) mass is 264 g/mol. The summed E-state index contributed by atoms with van der Waals surface area (Å²) in [4.78, 5) is 12.1. The molecule has 19 heavy (non-hydrogen) atoms. The van der Waals surface area contributed by atoms with Crippen molar-refractivity contribution in [2.75, 3.05) is 19.2 Å². The Morgan fingerprint density at radius 2 is 2.05 bits per heavy atom. The first-order valence-electron chi connectivity index (χ1n) is 6.48. The van der Waals surface area contributed by atoms with Gasteiger partial charge in [-0.25, -0.2) is 0 Å². The molecule has 1 amide bonds. The second kappa shape index (κ2) is 5.93. The molecular weight excluding hydrogens is 244 g/mol. The predicted octanol–water partition coefficient (Wildman–Crippen LogP) is 1.99. The zero-order chi connectivity index (χ0) is 13.8. The number of benzene rings is 1. The predicted molar refractivity (Wildman–Crippen MR) is 73.5 cm³/mol. The highest BCUT2D eigenvalue weighted by atomic mass is 16.7. The molecule has 0 radical (unpaired) electrons. The van der Waals surface area contributed by atoms with Gasteiger partial charge in [0.15, 0.2) is 11.5 Å². The maximum absolute atomic E-state index is 12.1. The van der Waals surface area contributed by atoms with Crippen molar-refractivity contribution in [2.45, 2.75) is 26.3 Å². The third kappa shape index (κ3) is 3.38. The topological polar surface area (TPSA) is 59.6 Å². The van der Waals surface area contributed by atoms with Crippen LogP contribution in [-0.4, -0.2) is 25.8 Å². The molecule has 1 aromatic carbocycles. The number of amides is 1. The smallest absolute Gasteiger partial charge is 0.241 e. The van der Waals surface area contributed by atoms with Gasteiger partial charge in [-0.1, -0.05) is 13.8 Å². The Morgan fingerprint density at radius 3 is 2.74 bits per heavy atom. The molecule has 104 valence electrons. The summed E-state index contributed by atoms with van der Waals surface area (Å²) in [6.45, 7) is 4.43. The van der Waals surface area contributed by atoms with Crippen molar-refractivity contribution in [1.29, 1.82) is 0 Å². The molecule has 1 aliphatic rings. The van der Waals surface area contributed by atoms with E-state index in [-0.39, 0.29) is 18.7 Å². The first kappa shape index (κ1) is 13.7. The SMILES string of the molecule is CNC(CC(C)C)C(=O)Nc1ccc2c(c1)OCO2. The van der Waals surface area contributed by atoms with Gasteiger partial charge in [-0.05, 0) is 31.5 Å². The van der Waals surface area contributed by atoms with Gasteiger partial charge in [0.2, 0.25) is 12.7 Å². The molecule has 0 spiro atoms. The fourth-order valence-electron chi connectivity index (χ4n) is 2.03. The van der Waals surface area contributed by atoms with Gasteiger partial charge in [0, 0.05) is 11.8 Å². The molecular formula is C14H20N2O3. The minimum atomic E-state index is -0.189. The van der Waals surface area contributed by atoms with Crippen LogP contribution in [0.15, 0.2) is 18.2 Å². The van der Waals surface area contributed by atoms with Gasteiger partial charge in [-0.3, -0.25) is 4.79 Å². The maximum Gasteiger partial charge on any atom is 0.241 e. The highest BCUT2D eigenvalue weighted by Crippen LogP contribution is 2.34. The minimum Gasteiger partial charge on any atom is -0.454 e. The molecule has 2 rings (SSSR count). The quantitative estimate of drug-likeness (QED) is 0.854. The molecule has 1 aliphatic heterocycles. The summed E-state index contributed by atoms with van der Waals surface area (Å²) in [5, 5.41) is 5.93. The lowest BCUT2D eigenvalue weighted by Crippen LogP contribution is -2.39. The van der Waals surface area contributed by atoms with Crippen LogP contribution in [0.2, 0.25) is 0 Å². The summed E-state index contributed by atoms with van der Waals surface area (Å²) in [5.41, 5.74) is 0.721. The van der Waals surface area contributed by atoms with E-state index < -0.39 is 0 Å². The van der Waals surface area contributed by atoms with Crippen molar-refractivity contribution in [3.63, 3.8) is 0 Å². The normalized spacial score (nSPS) is 14.5. The van der Waals surface area contributed by atoms with E-state index in [4.69, 9.17) is 9.47 Å². The Balaban J connectivity index is 2.01.